The number of carbonyl (C=O) groups excluding carboxylic acids is 1. The van der Waals surface area contributed by atoms with E-state index in [4.69, 9.17) is 19.9 Å². The van der Waals surface area contributed by atoms with Crippen molar-refractivity contribution < 1.29 is 13.9 Å². The van der Waals surface area contributed by atoms with Crippen molar-refractivity contribution in [3.05, 3.63) is 71.1 Å². The van der Waals surface area contributed by atoms with E-state index in [1.807, 2.05) is 53.3 Å². The molecule has 0 fully saturated rings. The summed E-state index contributed by atoms with van der Waals surface area (Å²) < 4.78 is 12.7. The molecular formula is C21H19N3O3S. The van der Waals surface area contributed by atoms with Crippen molar-refractivity contribution in [1.82, 2.24) is 9.55 Å². The summed E-state index contributed by atoms with van der Waals surface area (Å²) in [6.45, 7) is 2.38. The van der Waals surface area contributed by atoms with E-state index < -0.39 is 5.91 Å². The molecule has 3 heterocycles. The molecule has 28 heavy (non-hydrogen) atoms. The van der Waals surface area contributed by atoms with E-state index in [2.05, 4.69) is 0 Å². The topological polar surface area (TPSA) is 83.3 Å². The van der Waals surface area contributed by atoms with Crippen LogP contribution in [0.3, 0.4) is 0 Å². The zero-order valence-corrected chi connectivity index (χ0v) is 16.3. The SMILES string of the molecule is COc1ccc(-c2nc(-c3cc(C(N)=O)c(C)n3Cc3ccco3)cs2)cc1. The van der Waals surface area contributed by atoms with E-state index in [0.29, 0.717) is 12.1 Å². The summed E-state index contributed by atoms with van der Waals surface area (Å²) in [4.78, 5) is 16.6. The quantitative estimate of drug-likeness (QED) is 0.528. The lowest BCUT2D eigenvalue weighted by Gasteiger charge is -2.09. The van der Waals surface area contributed by atoms with Crippen LogP contribution in [-0.2, 0) is 6.54 Å². The Labute approximate surface area is 166 Å². The minimum Gasteiger partial charge on any atom is -0.497 e. The largest absolute Gasteiger partial charge is 0.497 e. The van der Waals surface area contributed by atoms with Crippen molar-refractivity contribution in [1.29, 1.82) is 0 Å². The Morgan fingerprint density at radius 1 is 1.29 bits per heavy atom. The normalized spacial score (nSPS) is 10.9. The maximum atomic E-state index is 11.9. The molecule has 0 aliphatic heterocycles. The number of hydrogen-bond donors (Lipinski definition) is 1. The average Bonchev–Trinajstić information content (AvgIpc) is 3.44. The van der Waals surface area contributed by atoms with E-state index in [0.717, 1.165) is 39.2 Å². The van der Waals surface area contributed by atoms with Gasteiger partial charge in [0.2, 0.25) is 0 Å². The van der Waals surface area contributed by atoms with Gasteiger partial charge in [0.1, 0.15) is 16.5 Å². The molecule has 0 unspecified atom stereocenters. The zero-order chi connectivity index (χ0) is 19.7. The minimum absolute atomic E-state index is 0.456. The van der Waals surface area contributed by atoms with Crippen molar-refractivity contribution in [3.63, 3.8) is 0 Å². The fraction of sp³-hybridized carbons (Fsp3) is 0.143. The van der Waals surface area contributed by atoms with Crippen LogP contribution in [0.2, 0.25) is 0 Å². The third kappa shape index (κ3) is 3.32. The fourth-order valence-electron chi connectivity index (χ4n) is 3.13. The summed E-state index contributed by atoms with van der Waals surface area (Å²) in [5.41, 5.74) is 9.47. The Balaban J connectivity index is 1.75. The molecule has 0 atom stereocenters. The molecule has 0 spiro atoms. The Morgan fingerprint density at radius 3 is 2.71 bits per heavy atom. The van der Waals surface area contributed by atoms with Crippen LogP contribution >= 0.6 is 11.3 Å². The van der Waals surface area contributed by atoms with Gasteiger partial charge in [-0.05, 0) is 49.4 Å². The predicted octanol–water partition coefficient (Wildman–Crippen LogP) is 4.34. The number of benzene rings is 1. The van der Waals surface area contributed by atoms with Crippen LogP contribution in [0.15, 0.2) is 58.5 Å². The van der Waals surface area contributed by atoms with Crippen LogP contribution in [0.25, 0.3) is 22.0 Å². The van der Waals surface area contributed by atoms with Crippen LogP contribution in [0.4, 0.5) is 0 Å². The van der Waals surface area contributed by atoms with Crippen LogP contribution in [-0.4, -0.2) is 22.6 Å². The highest BCUT2D eigenvalue weighted by molar-refractivity contribution is 7.13. The lowest BCUT2D eigenvalue weighted by molar-refractivity contribution is 0.0999. The van der Waals surface area contributed by atoms with Gasteiger partial charge in [-0.3, -0.25) is 4.79 Å². The van der Waals surface area contributed by atoms with Gasteiger partial charge in [0, 0.05) is 16.6 Å². The number of nitrogens with two attached hydrogens (primary N) is 1. The first kappa shape index (κ1) is 18.1. The monoisotopic (exact) mass is 393 g/mol. The summed E-state index contributed by atoms with van der Waals surface area (Å²) in [7, 11) is 1.64. The molecule has 7 heteroatoms. The van der Waals surface area contributed by atoms with Crippen molar-refractivity contribution in [2.45, 2.75) is 13.5 Å². The second kappa shape index (κ2) is 7.36. The Morgan fingerprint density at radius 2 is 2.07 bits per heavy atom. The number of furan rings is 1. The zero-order valence-electron chi connectivity index (χ0n) is 15.5. The van der Waals surface area contributed by atoms with Gasteiger partial charge in [-0.25, -0.2) is 4.98 Å². The number of carbonyl (C=O) groups is 1. The van der Waals surface area contributed by atoms with Crippen LogP contribution in [0.5, 0.6) is 5.75 Å². The number of rotatable bonds is 6. The first-order valence-electron chi connectivity index (χ1n) is 8.69. The van der Waals surface area contributed by atoms with E-state index in [-0.39, 0.29) is 0 Å². The van der Waals surface area contributed by atoms with Crippen LogP contribution in [0, 0.1) is 6.92 Å². The first-order chi connectivity index (χ1) is 13.6. The lowest BCUT2D eigenvalue weighted by Crippen LogP contribution is -2.12. The van der Waals surface area contributed by atoms with E-state index >= 15 is 0 Å². The molecule has 0 aliphatic rings. The number of nitrogens with zero attached hydrogens (tertiary/aromatic N) is 2. The van der Waals surface area contributed by atoms with Crippen molar-refractivity contribution >= 4 is 17.2 Å². The highest BCUT2D eigenvalue weighted by Gasteiger charge is 2.19. The van der Waals surface area contributed by atoms with Crippen LogP contribution in [0.1, 0.15) is 21.8 Å². The van der Waals surface area contributed by atoms with Gasteiger partial charge in [-0.2, -0.15) is 0 Å². The molecule has 142 valence electrons. The molecule has 0 saturated carbocycles. The molecule has 4 aromatic rings. The lowest BCUT2D eigenvalue weighted by atomic mass is 10.2. The highest BCUT2D eigenvalue weighted by atomic mass is 32.1. The highest BCUT2D eigenvalue weighted by Crippen LogP contribution is 2.32. The third-order valence-corrected chi connectivity index (χ3v) is 5.52. The van der Waals surface area contributed by atoms with Gasteiger partial charge in [-0.1, -0.05) is 0 Å². The summed E-state index contributed by atoms with van der Waals surface area (Å²) in [5, 5.41) is 2.87. The smallest absolute Gasteiger partial charge is 0.250 e. The number of methoxy groups -OCH3 is 1. The maximum Gasteiger partial charge on any atom is 0.250 e. The van der Waals surface area contributed by atoms with Crippen molar-refractivity contribution in [3.8, 4) is 27.7 Å². The molecular weight excluding hydrogens is 374 g/mol. The Kier molecular flexibility index (Phi) is 4.75. The molecule has 1 amide bonds. The number of amides is 1. The standard InChI is InChI=1S/C21H19N3O3S/c1-13-17(20(22)25)10-19(24(13)11-16-4-3-9-27-16)18-12-28-21(23-18)14-5-7-15(26-2)8-6-14/h3-10,12H,11H2,1-2H3,(H2,22,25). The molecule has 0 bridgehead atoms. The summed E-state index contributed by atoms with van der Waals surface area (Å²) in [6.07, 6.45) is 1.63. The number of aromatic nitrogens is 2. The second-order valence-corrected chi connectivity index (χ2v) is 7.18. The van der Waals surface area contributed by atoms with Crippen molar-refractivity contribution in [2.24, 2.45) is 5.73 Å². The third-order valence-electron chi connectivity index (χ3n) is 4.63. The summed E-state index contributed by atoms with van der Waals surface area (Å²) in [5.74, 6) is 1.14. The molecule has 4 rings (SSSR count). The Bertz CT molecular complexity index is 1110. The van der Waals surface area contributed by atoms with E-state index in [9.17, 15) is 4.79 Å². The molecule has 2 N–H and O–H groups in total. The number of primary amides is 1. The molecule has 3 aromatic heterocycles. The van der Waals surface area contributed by atoms with Crippen LogP contribution < -0.4 is 10.5 Å². The number of thiazole rings is 1. The van der Waals surface area contributed by atoms with Gasteiger partial charge >= 0.3 is 0 Å². The summed E-state index contributed by atoms with van der Waals surface area (Å²) >= 11 is 1.55. The molecule has 0 aliphatic carbocycles. The number of hydrogen-bond acceptors (Lipinski definition) is 5. The molecule has 0 radical (unpaired) electrons. The molecule has 6 nitrogen and oxygen atoms in total. The minimum atomic E-state index is -0.456. The average molecular weight is 393 g/mol. The van der Waals surface area contributed by atoms with Gasteiger partial charge in [0.15, 0.2) is 0 Å². The van der Waals surface area contributed by atoms with Crippen molar-refractivity contribution in [2.75, 3.05) is 7.11 Å². The van der Waals surface area contributed by atoms with Gasteiger partial charge in [0.25, 0.3) is 5.91 Å². The van der Waals surface area contributed by atoms with E-state index in [1.54, 1.807) is 30.8 Å². The van der Waals surface area contributed by atoms with Gasteiger partial charge in [0.05, 0.1) is 36.9 Å². The first-order valence-corrected chi connectivity index (χ1v) is 9.57. The molecule has 0 saturated heterocycles. The van der Waals surface area contributed by atoms with E-state index in [1.165, 1.54) is 0 Å². The number of ether oxygens (including phenoxy) is 1. The fourth-order valence-corrected chi connectivity index (χ4v) is 3.95. The van der Waals surface area contributed by atoms with Gasteiger partial charge in [-0.15, -0.1) is 11.3 Å². The maximum absolute atomic E-state index is 11.9. The summed E-state index contributed by atoms with van der Waals surface area (Å²) in [6, 6.07) is 13.3. The Hall–Kier alpha value is -3.32. The predicted molar refractivity (Wildman–Crippen MR) is 109 cm³/mol. The van der Waals surface area contributed by atoms with Gasteiger partial charge < -0.3 is 19.5 Å². The molecule has 1 aromatic carbocycles. The second-order valence-electron chi connectivity index (χ2n) is 6.32.